The summed E-state index contributed by atoms with van der Waals surface area (Å²) < 4.78 is 90.4. The van der Waals surface area contributed by atoms with Gasteiger partial charge in [0.05, 0.1) is 0 Å². The predicted octanol–water partition coefficient (Wildman–Crippen LogP) is 11.2. The van der Waals surface area contributed by atoms with E-state index < -0.39 is 44.7 Å². The summed E-state index contributed by atoms with van der Waals surface area (Å²) in [6, 6.07) is 26.6. The van der Waals surface area contributed by atoms with E-state index in [0.29, 0.717) is 14.3 Å². The van der Waals surface area contributed by atoms with Crippen LogP contribution in [0.15, 0.2) is 112 Å². The molecule has 0 aliphatic heterocycles. The van der Waals surface area contributed by atoms with E-state index in [1.165, 1.54) is 38.7 Å². The van der Waals surface area contributed by atoms with Crippen molar-refractivity contribution in [3.05, 3.63) is 173 Å². The molecule has 2 atom stereocenters. The van der Waals surface area contributed by atoms with Gasteiger partial charge in [0.1, 0.15) is 0 Å². The van der Waals surface area contributed by atoms with Crippen LogP contribution >= 0.6 is 0 Å². The largest absolute Gasteiger partial charge is 1.00 e. The van der Waals surface area contributed by atoms with Crippen LogP contribution in [-0.4, -0.2) is 3.21 Å². The van der Waals surface area contributed by atoms with E-state index >= 15 is 0 Å². The van der Waals surface area contributed by atoms with Crippen LogP contribution in [0.5, 0.6) is 0 Å². The van der Waals surface area contributed by atoms with Gasteiger partial charge in [-0.25, -0.2) is 0 Å². The molecule has 0 saturated heterocycles. The average Bonchev–Trinajstić information content (AvgIpc) is 3.74. The Labute approximate surface area is 409 Å². The molecule has 2 aliphatic carbocycles. The number of hydrogen-bond acceptors (Lipinski definition) is 0. The number of alkyl halides is 6. The zero-order valence-corrected chi connectivity index (χ0v) is 44.4. The molecule has 2 unspecified atom stereocenters. The third kappa shape index (κ3) is 10.5. The maximum Gasteiger partial charge on any atom is -1.00 e. The Balaban J connectivity index is 0.00000408. The van der Waals surface area contributed by atoms with Crippen LogP contribution in [0.2, 0.25) is 0 Å². The Bertz CT molecular complexity index is 2660. The monoisotopic (exact) mass is 1020 g/mol. The number of allylic oxidation sites excluding steroid dienone is 4. The topological polar surface area (TPSA) is 0 Å². The number of benzene rings is 5. The first-order valence-corrected chi connectivity index (χ1v) is 26.4. The quantitative estimate of drug-likeness (QED) is 0.143. The molecule has 0 N–H and O–H groups in total. The summed E-state index contributed by atoms with van der Waals surface area (Å²) in [7, 11) is 0. The Kier molecular flexibility index (Phi) is 15.5. The molecule has 66 heavy (non-hydrogen) atoms. The molecule has 0 amide bonds. The van der Waals surface area contributed by atoms with Crippen LogP contribution < -0.4 is 24.8 Å². The first-order chi connectivity index (χ1) is 29.6. The van der Waals surface area contributed by atoms with Gasteiger partial charge >= 0.3 is 387 Å². The summed E-state index contributed by atoms with van der Waals surface area (Å²) >= 11 is -3.97. The third-order valence-corrected chi connectivity index (χ3v) is 21.6. The van der Waals surface area contributed by atoms with E-state index in [0.717, 1.165) is 80.6 Å². The SMILES string of the molecule is CCCC1C=C(C(C)(C)C)C=[C]1[Zr+2](=[C](c1cccc(C(F)(F)F)c1)c1cccc(C(F)(F)F)c1)[CH]1c2ccc(C(C)(C)C)cc2-c2cc(C(C)(C)C)c(-c3c(C)cc(C)cc3C)cc21.[Cl-].[Cl-]. The Morgan fingerprint density at radius 3 is 1.56 bits per heavy atom. The van der Waals surface area contributed by atoms with Gasteiger partial charge in [0.2, 0.25) is 0 Å². The van der Waals surface area contributed by atoms with E-state index in [-0.39, 0.29) is 50.6 Å². The molecule has 5 aromatic carbocycles. The second-order valence-corrected chi connectivity index (χ2v) is 27.4. The van der Waals surface area contributed by atoms with Crippen molar-refractivity contribution in [3.8, 4) is 22.3 Å². The van der Waals surface area contributed by atoms with Crippen LogP contribution in [0, 0.1) is 32.1 Å². The maximum atomic E-state index is 14.8. The number of fused-ring (bicyclic) bond motifs is 3. The molecule has 0 spiro atoms. The van der Waals surface area contributed by atoms with Crippen molar-refractivity contribution in [1.29, 1.82) is 0 Å². The van der Waals surface area contributed by atoms with Gasteiger partial charge in [-0.1, -0.05) is 0 Å². The van der Waals surface area contributed by atoms with Crippen LogP contribution in [0.3, 0.4) is 0 Å². The maximum absolute atomic E-state index is 14.8. The fourth-order valence-electron chi connectivity index (χ4n) is 10.1. The minimum absolute atomic E-state index is 0. The number of hydrogen-bond donors (Lipinski definition) is 0. The molecule has 0 saturated carbocycles. The van der Waals surface area contributed by atoms with Gasteiger partial charge in [-0.05, 0) is 0 Å². The van der Waals surface area contributed by atoms with Gasteiger partial charge in [0.25, 0.3) is 0 Å². The molecule has 0 fully saturated rings. The molecule has 350 valence electrons. The molecule has 0 heterocycles. The average molecular weight is 1020 g/mol. The van der Waals surface area contributed by atoms with E-state index in [1.54, 1.807) is 12.1 Å². The Hall–Kier alpha value is -3.51. The van der Waals surface area contributed by atoms with Crippen molar-refractivity contribution in [2.24, 2.45) is 11.3 Å². The summed E-state index contributed by atoms with van der Waals surface area (Å²) in [6.07, 6.45) is -2.96. The Morgan fingerprint density at radius 1 is 0.561 bits per heavy atom. The van der Waals surface area contributed by atoms with Gasteiger partial charge in [-0.3, -0.25) is 0 Å². The standard InChI is InChI=1S/C30H35.C15H8F6.C12H19.2ClH.Zr/c1-18-12-19(2)28(20(3)13-18)26-15-22-14-21-10-11-23(29(4,5)6)16-24(21)25(22)17-27(26)30(7,8)9;16-14(17,18)12-5-1-3-10(8-12)7-11-4-2-6-13(9-11)15(19,20)21;1-5-6-10-7-8-11(9-10)12(2,3)4;;;/h10-17H,1-9H3;1-6,8-9H;8-10H,5-6H2,1-4H3;2*1H;/q;;;;;+2/p-2. The van der Waals surface area contributed by atoms with E-state index in [1.807, 2.05) is 0 Å². The summed E-state index contributed by atoms with van der Waals surface area (Å²) in [5, 5.41) is 0. The van der Waals surface area contributed by atoms with E-state index in [9.17, 15) is 26.3 Å². The Morgan fingerprint density at radius 2 is 1.09 bits per heavy atom. The van der Waals surface area contributed by atoms with Gasteiger partial charge in [-0.15, -0.1) is 0 Å². The van der Waals surface area contributed by atoms with Crippen LogP contribution in [0.4, 0.5) is 26.3 Å². The van der Waals surface area contributed by atoms with E-state index in [2.05, 4.69) is 145 Å². The molecule has 2 aliphatic rings. The minimum atomic E-state index is -4.66. The van der Waals surface area contributed by atoms with Crippen molar-refractivity contribution < 1.29 is 72.4 Å². The van der Waals surface area contributed by atoms with Gasteiger partial charge in [0.15, 0.2) is 0 Å². The summed E-state index contributed by atoms with van der Waals surface area (Å²) in [6.45, 7) is 28.4. The molecule has 7 rings (SSSR count). The van der Waals surface area contributed by atoms with Gasteiger partial charge in [-0.2, -0.15) is 0 Å². The van der Waals surface area contributed by atoms with Crippen molar-refractivity contribution >= 4 is 3.21 Å². The van der Waals surface area contributed by atoms with Crippen molar-refractivity contribution in [1.82, 2.24) is 0 Å². The molecule has 0 aromatic heterocycles. The van der Waals surface area contributed by atoms with Gasteiger partial charge < -0.3 is 24.8 Å². The van der Waals surface area contributed by atoms with Crippen molar-refractivity contribution in [2.45, 2.75) is 130 Å². The molecule has 0 radical (unpaired) electrons. The van der Waals surface area contributed by atoms with Crippen molar-refractivity contribution in [3.63, 3.8) is 0 Å². The first-order valence-electron chi connectivity index (χ1n) is 22.5. The summed E-state index contributed by atoms with van der Waals surface area (Å²) in [4.78, 5) is 0. The summed E-state index contributed by atoms with van der Waals surface area (Å²) in [5.74, 6) is -0.0172. The number of rotatable bonds is 7. The van der Waals surface area contributed by atoms with Crippen LogP contribution in [-0.2, 0) is 44.4 Å². The van der Waals surface area contributed by atoms with Gasteiger partial charge in [0, 0.05) is 0 Å². The second-order valence-electron chi connectivity index (χ2n) is 21.3. The third-order valence-electron chi connectivity index (χ3n) is 13.2. The number of halogens is 8. The van der Waals surface area contributed by atoms with Crippen molar-refractivity contribution in [2.75, 3.05) is 0 Å². The smallest absolute Gasteiger partial charge is 1.00 e. The van der Waals surface area contributed by atoms with E-state index in [4.69, 9.17) is 0 Å². The normalized spacial score (nSPS) is 16.0. The fourth-order valence-corrected chi connectivity index (χ4v) is 19.6. The zero-order chi connectivity index (χ0) is 47.1. The number of aryl methyl sites for hydroxylation is 3. The fraction of sp³-hybridized carbons (Fsp3) is 0.386. The molecule has 0 bridgehead atoms. The molecule has 5 aromatic rings. The zero-order valence-electron chi connectivity index (χ0n) is 40.4. The molecule has 9 heteroatoms. The van der Waals surface area contributed by atoms with Crippen LogP contribution in [0.1, 0.15) is 147 Å². The minimum Gasteiger partial charge on any atom is -1.00 e. The van der Waals surface area contributed by atoms with Crippen LogP contribution in [0.25, 0.3) is 22.3 Å². The molecule has 0 nitrogen and oxygen atoms in total. The molecular formula is C57H62Cl2F6Zr. The first kappa shape index (κ1) is 53.4. The molecular weight excluding hydrogens is 961 g/mol. The summed E-state index contributed by atoms with van der Waals surface area (Å²) in [5.41, 5.74) is 12.0. The second kappa shape index (κ2) is 19.1. The predicted molar refractivity (Wildman–Crippen MR) is 251 cm³/mol.